The highest BCUT2D eigenvalue weighted by Gasteiger charge is 2.38. The van der Waals surface area contributed by atoms with Gasteiger partial charge in [-0.25, -0.2) is 4.79 Å². The van der Waals surface area contributed by atoms with Gasteiger partial charge in [-0.05, 0) is 61.6 Å². The summed E-state index contributed by atoms with van der Waals surface area (Å²) in [6, 6.07) is 13.7. The third-order valence-corrected chi connectivity index (χ3v) is 5.71. The Morgan fingerprint density at radius 3 is 2.57 bits per heavy atom. The number of nitrogens with one attached hydrogen (secondary N) is 1. The molecule has 0 saturated carbocycles. The van der Waals surface area contributed by atoms with Gasteiger partial charge in [0, 0.05) is 18.3 Å². The maximum Gasteiger partial charge on any atom is 0.336 e. The Morgan fingerprint density at radius 1 is 1.21 bits per heavy atom. The van der Waals surface area contributed by atoms with Crippen molar-refractivity contribution in [3.63, 3.8) is 0 Å². The summed E-state index contributed by atoms with van der Waals surface area (Å²) in [7, 11) is 0. The number of carboxylic acids is 1. The van der Waals surface area contributed by atoms with Crippen molar-refractivity contribution < 1.29 is 9.90 Å². The number of carboxylic acid groups (broad SMARTS) is 1. The van der Waals surface area contributed by atoms with Gasteiger partial charge in [0.05, 0.1) is 16.8 Å². The number of nitrogens with zero attached hydrogens (tertiary/aromatic N) is 2. The molecule has 1 fully saturated rings. The average Bonchev–Trinajstić information content (AvgIpc) is 2.64. The van der Waals surface area contributed by atoms with Gasteiger partial charge >= 0.3 is 5.97 Å². The summed E-state index contributed by atoms with van der Waals surface area (Å²) >= 11 is 0. The van der Waals surface area contributed by atoms with Crippen molar-refractivity contribution in [2.24, 2.45) is 5.41 Å². The molecule has 1 aliphatic heterocycles. The molecule has 2 aromatic rings. The fourth-order valence-corrected chi connectivity index (χ4v) is 4.21. The fraction of sp³-hybridized carbons (Fsp3) is 0.391. The Kier molecular flexibility index (Phi) is 5.44. The van der Waals surface area contributed by atoms with Crippen molar-refractivity contribution in [1.82, 2.24) is 5.32 Å². The Balaban J connectivity index is 2.28. The molecule has 1 saturated heterocycles. The molecule has 5 nitrogen and oxygen atoms in total. The summed E-state index contributed by atoms with van der Waals surface area (Å²) < 4.78 is 0. The summed E-state index contributed by atoms with van der Waals surface area (Å²) in [5.41, 5.74) is 4.26. The summed E-state index contributed by atoms with van der Waals surface area (Å²) in [6.07, 6.45) is 0.905. The van der Waals surface area contributed by atoms with Gasteiger partial charge in [-0.3, -0.25) is 0 Å². The van der Waals surface area contributed by atoms with Gasteiger partial charge in [0.2, 0.25) is 0 Å². The molecule has 0 aliphatic carbocycles. The molecule has 0 amide bonds. The average molecular weight is 377 g/mol. The molecule has 0 radical (unpaired) electrons. The lowest BCUT2D eigenvalue weighted by molar-refractivity contribution is 0.0696. The fourth-order valence-electron chi connectivity index (χ4n) is 4.21. The van der Waals surface area contributed by atoms with Gasteiger partial charge in [-0.1, -0.05) is 32.0 Å². The van der Waals surface area contributed by atoms with Crippen LogP contribution >= 0.6 is 0 Å². The third-order valence-electron chi connectivity index (χ3n) is 5.71. The molecule has 5 heteroatoms. The standard InChI is InChI=1S/C23H27N3O2/c1-15-11-16(2)20(12-18(15)22(27)28)26(19-8-6-5-7-17(19)13-24)21-9-10-25-14-23(21,3)4/h5-8,11-12,21,25H,9-10,14H2,1-4H3,(H,27,28)/t21-/m0/s1. The van der Waals surface area contributed by atoms with E-state index in [1.807, 2.05) is 44.2 Å². The van der Waals surface area contributed by atoms with Gasteiger partial charge in [0.25, 0.3) is 0 Å². The van der Waals surface area contributed by atoms with Crippen LogP contribution in [0.4, 0.5) is 11.4 Å². The Labute approximate surface area is 166 Å². The molecule has 2 aromatic carbocycles. The third kappa shape index (κ3) is 3.61. The van der Waals surface area contributed by atoms with Crippen molar-refractivity contribution in [3.8, 4) is 6.07 Å². The number of aromatic carboxylic acids is 1. The molecule has 146 valence electrons. The van der Waals surface area contributed by atoms with Crippen molar-refractivity contribution >= 4 is 17.3 Å². The normalized spacial score (nSPS) is 18.3. The molecule has 1 aliphatic rings. The molecule has 1 heterocycles. The molecule has 0 unspecified atom stereocenters. The monoisotopic (exact) mass is 377 g/mol. The number of anilines is 2. The van der Waals surface area contributed by atoms with Crippen LogP contribution in [0, 0.1) is 30.6 Å². The predicted molar refractivity (Wildman–Crippen MR) is 111 cm³/mol. The molecule has 3 rings (SSSR count). The zero-order valence-corrected chi connectivity index (χ0v) is 16.9. The van der Waals surface area contributed by atoms with E-state index in [2.05, 4.69) is 30.1 Å². The highest BCUT2D eigenvalue weighted by atomic mass is 16.4. The number of nitriles is 1. The highest BCUT2D eigenvalue weighted by Crippen LogP contribution is 2.41. The van der Waals surface area contributed by atoms with Gasteiger partial charge in [0.1, 0.15) is 6.07 Å². The molecule has 0 bridgehead atoms. The maximum absolute atomic E-state index is 11.8. The lowest BCUT2D eigenvalue weighted by atomic mass is 9.78. The lowest BCUT2D eigenvalue weighted by Gasteiger charge is -2.47. The van der Waals surface area contributed by atoms with E-state index in [1.165, 1.54) is 0 Å². The maximum atomic E-state index is 11.8. The van der Waals surface area contributed by atoms with E-state index >= 15 is 0 Å². The van der Waals surface area contributed by atoms with Crippen LogP contribution in [0.3, 0.4) is 0 Å². The summed E-state index contributed by atoms with van der Waals surface area (Å²) in [6.45, 7) is 10.0. The highest BCUT2D eigenvalue weighted by molar-refractivity contribution is 5.91. The molecule has 28 heavy (non-hydrogen) atoms. The molecule has 1 atom stereocenters. The Hall–Kier alpha value is -2.84. The minimum atomic E-state index is -0.933. The number of aryl methyl sites for hydroxylation is 2. The zero-order chi connectivity index (χ0) is 20.5. The second kappa shape index (κ2) is 7.65. The Morgan fingerprint density at radius 2 is 1.93 bits per heavy atom. The largest absolute Gasteiger partial charge is 0.478 e. The number of rotatable bonds is 4. The number of carbonyl (C=O) groups is 1. The second-order valence-electron chi connectivity index (χ2n) is 8.23. The number of para-hydroxylation sites is 1. The van der Waals surface area contributed by atoms with Crippen LogP contribution in [0.1, 0.15) is 47.3 Å². The van der Waals surface area contributed by atoms with E-state index in [-0.39, 0.29) is 11.5 Å². The quantitative estimate of drug-likeness (QED) is 0.826. The van der Waals surface area contributed by atoms with Crippen LogP contribution in [0.5, 0.6) is 0 Å². The van der Waals surface area contributed by atoms with Crippen molar-refractivity contribution in [2.45, 2.75) is 40.2 Å². The van der Waals surface area contributed by atoms with Crippen molar-refractivity contribution in [3.05, 3.63) is 58.7 Å². The van der Waals surface area contributed by atoms with Gasteiger partial charge in [-0.2, -0.15) is 5.26 Å². The molecule has 0 aromatic heterocycles. The number of piperidine rings is 1. The number of hydrogen-bond acceptors (Lipinski definition) is 4. The number of hydrogen-bond donors (Lipinski definition) is 2. The lowest BCUT2D eigenvalue weighted by Crippen LogP contribution is -2.53. The van der Waals surface area contributed by atoms with E-state index in [1.54, 1.807) is 6.07 Å². The van der Waals surface area contributed by atoms with Crippen LogP contribution < -0.4 is 10.2 Å². The van der Waals surface area contributed by atoms with E-state index in [0.717, 1.165) is 42.0 Å². The van der Waals surface area contributed by atoms with Gasteiger partial charge in [-0.15, -0.1) is 0 Å². The minimum Gasteiger partial charge on any atom is -0.478 e. The van der Waals surface area contributed by atoms with E-state index in [4.69, 9.17) is 0 Å². The predicted octanol–water partition coefficient (Wildman–Crippen LogP) is 4.40. The first-order valence-corrected chi connectivity index (χ1v) is 9.60. The second-order valence-corrected chi connectivity index (χ2v) is 8.23. The summed E-state index contributed by atoms with van der Waals surface area (Å²) in [4.78, 5) is 14.0. The first kappa shape index (κ1) is 19.9. The van der Waals surface area contributed by atoms with Crippen LogP contribution in [0.25, 0.3) is 0 Å². The van der Waals surface area contributed by atoms with Crippen LogP contribution in [-0.2, 0) is 0 Å². The minimum absolute atomic E-state index is 0.0540. The number of benzene rings is 2. The summed E-state index contributed by atoms with van der Waals surface area (Å²) in [5, 5.41) is 22.8. The molecule has 2 N–H and O–H groups in total. The van der Waals surface area contributed by atoms with Crippen LogP contribution in [0.15, 0.2) is 36.4 Å². The van der Waals surface area contributed by atoms with E-state index in [9.17, 15) is 15.2 Å². The summed E-state index contributed by atoms with van der Waals surface area (Å²) in [5.74, 6) is -0.933. The SMILES string of the molecule is Cc1cc(C)c(N(c2ccccc2C#N)[C@H]2CCNCC2(C)C)cc1C(=O)O. The topological polar surface area (TPSA) is 76.4 Å². The van der Waals surface area contributed by atoms with Gasteiger partial charge < -0.3 is 15.3 Å². The van der Waals surface area contributed by atoms with E-state index < -0.39 is 5.97 Å². The van der Waals surface area contributed by atoms with Crippen LogP contribution in [-0.4, -0.2) is 30.2 Å². The van der Waals surface area contributed by atoms with Gasteiger partial charge in [0.15, 0.2) is 0 Å². The molecular weight excluding hydrogens is 350 g/mol. The Bertz CT molecular complexity index is 943. The van der Waals surface area contributed by atoms with Crippen LogP contribution in [0.2, 0.25) is 0 Å². The zero-order valence-electron chi connectivity index (χ0n) is 16.9. The smallest absolute Gasteiger partial charge is 0.336 e. The molecule has 0 spiro atoms. The first-order valence-electron chi connectivity index (χ1n) is 9.60. The van der Waals surface area contributed by atoms with Crippen molar-refractivity contribution in [1.29, 1.82) is 5.26 Å². The first-order chi connectivity index (χ1) is 13.3. The van der Waals surface area contributed by atoms with E-state index in [0.29, 0.717) is 11.1 Å². The molecular formula is C23H27N3O2. The van der Waals surface area contributed by atoms with Crippen molar-refractivity contribution in [2.75, 3.05) is 18.0 Å².